The quantitative estimate of drug-likeness (QED) is 0.392. The van der Waals surface area contributed by atoms with Crippen LogP contribution in [-0.2, 0) is 16.4 Å². The third-order valence-corrected chi connectivity index (χ3v) is 7.07. The summed E-state index contributed by atoms with van der Waals surface area (Å²) in [5.41, 5.74) is 1.79. The Morgan fingerprint density at radius 2 is 1.79 bits per heavy atom. The maximum Gasteiger partial charge on any atom is 0.260 e. The van der Waals surface area contributed by atoms with Crippen LogP contribution in [0.4, 0.5) is 5.13 Å². The highest BCUT2D eigenvalue weighted by Gasteiger charge is 2.23. The van der Waals surface area contributed by atoms with Gasteiger partial charge in [-0.2, -0.15) is 0 Å². The van der Waals surface area contributed by atoms with Gasteiger partial charge in [-0.15, -0.1) is 0 Å². The summed E-state index contributed by atoms with van der Waals surface area (Å²) in [5, 5.41) is 0.436. The van der Waals surface area contributed by atoms with Crippen LogP contribution in [0.15, 0.2) is 65.8 Å². The number of methoxy groups -OCH3 is 2. The molecule has 33 heavy (non-hydrogen) atoms. The molecule has 0 fully saturated rings. The van der Waals surface area contributed by atoms with Gasteiger partial charge in [0.05, 0.1) is 35.9 Å². The average molecular weight is 484 g/mol. The number of anilines is 1. The van der Waals surface area contributed by atoms with Gasteiger partial charge in [-0.05, 0) is 42.0 Å². The van der Waals surface area contributed by atoms with Gasteiger partial charge in [0.25, 0.3) is 5.91 Å². The molecule has 10 heteroatoms. The largest absolute Gasteiger partial charge is 0.497 e. The van der Waals surface area contributed by atoms with Gasteiger partial charge in [-0.1, -0.05) is 17.4 Å². The summed E-state index contributed by atoms with van der Waals surface area (Å²) in [5.74, 6) is 0.667. The molecule has 0 aliphatic carbocycles. The van der Waals surface area contributed by atoms with Crippen molar-refractivity contribution in [1.82, 2.24) is 9.97 Å². The molecule has 4 aromatic rings. The first-order valence-corrected chi connectivity index (χ1v) is 12.5. The van der Waals surface area contributed by atoms with Gasteiger partial charge in [-0.25, -0.2) is 13.4 Å². The molecule has 0 unspecified atom stereocenters. The smallest absolute Gasteiger partial charge is 0.260 e. The zero-order chi connectivity index (χ0) is 23.6. The SMILES string of the molecule is COc1cc(OC)cc(C(=O)N(Cc2cccnc2)c2nc3ccc(S(C)(=O)=O)cc3s2)c1. The number of hydrogen-bond donors (Lipinski definition) is 0. The highest BCUT2D eigenvalue weighted by molar-refractivity contribution is 7.90. The number of pyridine rings is 1. The third kappa shape index (κ3) is 4.96. The van der Waals surface area contributed by atoms with E-state index in [4.69, 9.17) is 9.47 Å². The highest BCUT2D eigenvalue weighted by Crippen LogP contribution is 2.33. The van der Waals surface area contributed by atoms with Crippen LogP contribution in [0.25, 0.3) is 10.2 Å². The fourth-order valence-corrected chi connectivity index (χ4v) is 4.95. The number of thiazole rings is 1. The van der Waals surface area contributed by atoms with Crippen LogP contribution >= 0.6 is 11.3 Å². The van der Waals surface area contributed by atoms with Crippen molar-refractivity contribution in [3.63, 3.8) is 0 Å². The molecule has 0 bridgehead atoms. The Bertz CT molecular complexity index is 1400. The number of rotatable bonds is 7. The first-order chi connectivity index (χ1) is 15.8. The van der Waals surface area contributed by atoms with E-state index >= 15 is 0 Å². The van der Waals surface area contributed by atoms with Crippen LogP contribution in [0.5, 0.6) is 11.5 Å². The molecule has 0 aliphatic heterocycles. The number of ether oxygens (including phenoxy) is 2. The fourth-order valence-electron chi connectivity index (χ4n) is 3.23. The number of carbonyl (C=O) groups excluding carboxylic acids is 1. The number of amides is 1. The molecular formula is C23H21N3O5S2. The number of sulfone groups is 1. The lowest BCUT2D eigenvalue weighted by molar-refractivity contribution is 0.0984. The number of fused-ring (bicyclic) bond motifs is 1. The van der Waals surface area contributed by atoms with Crippen molar-refractivity contribution in [3.05, 3.63) is 72.1 Å². The predicted molar refractivity (Wildman–Crippen MR) is 127 cm³/mol. The van der Waals surface area contributed by atoms with Crippen molar-refractivity contribution >= 4 is 42.4 Å². The summed E-state index contributed by atoms with van der Waals surface area (Å²) in [7, 11) is -0.332. The van der Waals surface area contributed by atoms with Crippen LogP contribution in [0.2, 0.25) is 0 Å². The Kier molecular flexibility index (Phi) is 6.30. The van der Waals surface area contributed by atoms with E-state index < -0.39 is 9.84 Å². The molecule has 0 aliphatic rings. The Labute approximate surface area is 195 Å². The molecule has 0 saturated heterocycles. The van der Waals surface area contributed by atoms with E-state index in [2.05, 4.69) is 9.97 Å². The van der Waals surface area contributed by atoms with Crippen molar-refractivity contribution < 1.29 is 22.7 Å². The normalized spacial score (nSPS) is 11.4. The summed E-state index contributed by atoms with van der Waals surface area (Å²) >= 11 is 1.24. The molecular weight excluding hydrogens is 462 g/mol. The van der Waals surface area contributed by atoms with Crippen LogP contribution in [0.3, 0.4) is 0 Å². The lowest BCUT2D eigenvalue weighted by atomic mass is 10.1. The fraction of sp³-hybridized carbons (Fsp3) is 0.174. The van der Waals surface area contributed by atoms with Crippen molar-refractivity contribution in [2.45, 2.75) is 11.4 Å². The van der Waals surface area contributed by atoms with Gasteiger partial charge in [0.1, 0.15) is 11.5 Å². The van der Waals surface area contributed by atoms with Crippen LogP contribution < -0.4 is 14.4 Å². The Morgan fingerprint density at radius 3 is 2.39 bits per heavy atom. The van der Waals surface area contributed by atoms with Gasteiger partial charge >= 0.3 is 0 Å². The van der Waals surface area contributed by atoms with Gasteiger partial charge in [0.2, 0.25) is 0 Å². The maximum absolute atomic E-state index is 13.7. The van der Waals surface area contributed by atoms with Gasteiger partial charge in [0, 0.05) is 30.3 Å². The molecule has 2 aromatic heterocycles. The van der Waals surface area contributed by atoms with Gasteiger partial charge < -0.3 is 9.47 Å². The number of carbonyl (C=O) groups is 1. The number of benzene rings is 2. The predicted octanol–water partition coefficient (Wildman–Crippen LogP) is 3.96. The molecule has 0 N–H and O–H groups in total. The lowest BCUT2D eigenvalue weighted by Crippen LogP contribution is -2.30. The summed E-state index contributed by atoms with van der Waals surface area (Å²) < 4.78 is 35.2. The molecule has 2 heterocycles. The highest BCUT2D eigenvalue weighted by atomic mass is 32.2. The van der Waals surface area contributed by atoms with E-state index in [-0.39, 0.29) is 17.3 Å². The molecule has 8 nitrogen and oxygen atoms in total. The number of nitrogens with zero attached hydrogens (tertiary/aromatic N) is 3. The van der Waals surface area contributed by atoms with Gasteiger partial charge in [-0.3, -0.25) is 14.7 Å². The van der Waals surface area contributed by atoms with E-state index in [0.29, 0.717) is 32.4 Å². The monoisotopic (exact) mass is 483 g/mol. The van der Waals surface area contributed by atoms with Crippen LogP contribution in [-0.4, -0.2) is 44.8 Å². The summed E-state index contributed by atoms with van der Waals surface area (Å²) in [6.07, 6.45) is 4.50. The summed E-state index contributed by atoms with van der Waals surface area (Å²) in [6.45, 7) is 0.227. The molecule has 170 valence electrons. The minimum Gasteiger partial charge on any atom is -0.497 e. The third-order valence-electron chi connectivity index (χ3n) is 4.91. The van der Waals surface area contributed by atoms with E-state index in [1.54, 1.807) is 48.8 Å². The zero-order valence-corrected chi connectivity index (χ0v) is 19.8. The van der Waals surface area contributed by atoms with Crippen molar-refractivity contribution in [3.8, 4) is 11.5 Å². The zero-order valence-electron chi connectivity index (χ0n) is 18.2. The average Bonchev–Trinajstić information content (AvgIpc) is 3.25. The molecule has 4 rings (SSSR count). The second kappa shape index (κ2) is 9.16. The molecule has 2 aromatic carbocycles. The maximum atomic E-state index is 13.7. The van der Waals surface area contributed by atoms with Crippen LogP contribution in [0.1, 0.15) is 15.9 Å². The first-order valence-electron chi connectivity index (χ1n) is 9.83. The Hall–Kier alpha value is -3.50. The molecule has 1 amide bonds. The molecule has 0 spiro atoms. The van der Waals surface area contributed by atoms with Crippen molar-refractivity contribution in [2.24, 2.45) is 0 Å². The first kappa shape index (κ1) is 22.7. The van der Waals surface area contributed by atoms with E-state index in [1.807, 2.05) is 6.07 Å². The minimum atomic E-state index is -3.37. The lowest BCUT2D eigenvalue weighted by Gasteiger charge is -2.20. The Balaban J connectivity index is 1.81. The second-order valence-corrected chi connectivity index (χ2v) is 10.3. The summed E-state index contributed by atoms with van der Waals surface area (Å²) in [4.78, 5) is 24.1. The van der Waals surface area contributed by atoms with E-state index in [1.165, 1.54) is 36.5 Å². The standard InChI is InChI=1S/C23H21N3O5S2/c1-30-17-9-16(10-18(11-17)31-2)22(27)26(14-15-5-4-8-24-13-15)23-25-20-7-6-19(33(3,28)29)12-21(20)32-23/h4-13H,14H2,1-3H3. The van der Waals surface area contributed by atoms with E-state index in [9.17, 15) is 13.2 Å². The van der Waals surface area contributed by atoms with E-state index in [0.717, 1.165) is 11.8 Å². The topological polar surface area (TPSA) is 98.7 Å². The van der Waals surface area contributed by atoms with Crippen LogP contribution in [0, 0.1) is 0 Å². The number of hydrogen-bond acceptors (Lipinski definition) is 8. The second-order valence-electron chi connectivity index (χ2n) is 7.25. The van der Waals surface area contributed by atoms with Crippen molar-refractivity contribution in [1.29, 1.82) is 0 Å². The Morgan fingerprint density at radius 1 is 1.06 bits per heavy atom. The van der Waals surface area contributed by atoms with Crippen molar-refractivity contribution in [2.75, 3.05) is 25.4 Å². The molecule has 0 saturated carbocycles. The molecule has 0 radical (unpaired) electrons. The minimum absolute atomic E-state index is 0.202. The molecule has 0 atom stereocenters. The number of aromatic nitrogens is 2. The summed E-state index contributed by atoms with van der Waals surface area (Å²) in [6, 6.07) is 13.4. The van der Waals surface area contributed by atoms with Gasteiger partial charge in [0.15, 0.2) is 15.0 Å².